The van der Waals surface area contributed by atoms with E-state index in [1.54, 1.807) is 42.1 Å². The topological polar surface area (TPSA) is 95.8 Å². The third-order valence-corrected chi connectivity index (χ3v) is 6.33. The molecule has 12 heteroatoms. The zero-order chi connectivity index (χ0) is 28.1. The van der Waals surface area contributed by atoms with Gasteiger partial charge in [-0.2, -0.15) is 13.2 Å². The van der Waals surface area contributed by atoms with Gasteiger partial charge in [-0.25, -0.2) is 14.8 Å². The van der Waals surface area contributed by atoms with Crippen molar-refractivity contribution in [1.82, 2.24) is 24.6 Å². The molecule has 0 aliphatic carbocycles. The van der Waals surface area contributed by atoms with Crippen molar-refractivity contribution in [3.8, 4) is 17.6 Å². The Hall–Kier alpha value is -4.60. The molecule has 0 bridgehead atoms. The number of halogens is 3. The van der Waals surface area contributed by atoms with Crippen LogP contribution in [0.15, 0.2) is 61.1 Å². The second kappa shape index (κ2) is 11.6. The van der Waals surface area contributed by atoms with E-state index < -0.39 is 17.8 Å². The third kappa shape index (κ3) is 6.51. The number of benzene rings is 1. The van der Waals surface area contributed by atoms with Crippen LogP contribution < -0.4 is 20.7 Å². The lowest BCUT2D eigenvalue weighted by molar-refractivity contribution is -0.138. The van der Waals surface area contributed by atoms with Crippen molar-refractivity contribution < 1.29 is 22.7 Å². The maximum Gasteiger partial charge on any atom is 0.416 e. The van der Waals surface area contributed by atoms with Gasteiger partial charge in [0.2, 0.25) is 0 Å². The van der Waals surface area contributed by atoms with Crippen molar-refractivity contribution in [2.24, 2.45) is 0 Å². The lowest BCUT2D eigenvalue weighted by Gasteiger charge is -2.28. The van der Waals surface area contributed by atoms with Gasteiger partial charge in [-0.15, -0.1) is 0 Å². The summed E-state index contributed by atoms with van der Waals surface area (Å²) in [6, 6.07) is 9.95. The number of hydrogen-bond donors (Lipinski definition) is 3. The van der Waals surface area contributed by atoms with Gasteiger partial charge in [0, 0.05) is 50.2 Å². The molecule has 1 aliphatic rings. The second-order valence-electron chi connectivity index (χ2n) is 9.10. The van der Waals surface area contributed by atoms with Gasteiger partial charge in [-0.3, -0.25) is 14.6 Å². The van der Waals surface area contributed by atoms with Crippen LogP contribution in [-0.2, 0) is 12.7 Å². The van der Waals surface area contributed by atoms with Crippen molar-refractivity contribution in [2.75, 3.05) is 43.9 Å². The van der Waals surface area contributed by atoms with Gasteiger partial charge >= 0.3 is 12.2 Å². The summed E-state index contributed by atoms with van der Waals surface area (Å²) in [5.74, 6) is 6.89. The number of carbonyl (C=O) groups excluding carboxylic acids is 1. The zero-order valence-electron chi connectivity index (χ0n) is 21.5. The van der Waals surface area contributed by atoms with Crippen LogP contribution in [0.2, 0.25) is 0 Å². The quantitative estimate of drug-likeness (QED) is 0.323. The van der Waals surface area contributed by atoms with Crippen molar-refractivity contribution in [2.45, 2.75) is 12.7 Å². The Morgan fingerprint density at radius 3 is 2.67 bits per heavy atom. The average Bonchev–Trinajstić information content (AvgIpc) is 3.35. The van der Waals surface area contributed by atoms with Crippen LogP contribution in [0.5, 0.6) is 5.75 Å². The number of rotatable bonds is 5. The van der Waals surface area contributed by atoms with Crippen LogP contribution in [0.4, 0.5) is 29.5 Å². The van der Waals surface area contributed by atoms with Gasteiger partial charge in [-0.05, 0) is 47.9 Å². The molecule has 1 aromatic carbocycles. The summed E-state index contributed by atoms with van der Waals surface area (Å²) in [5.41, 5.74) is 1.33. The Morgan fingerprint density at radius 1 is 1.07 bits per heavy atom. The minimum absolute atomic E-state index is 0.0212. The lowest BCUT2D eigenvalue weighted by Crippen LogP contribution is -2.43. The second-order valence-corrected chi connectivity index (χ2v) is 9.10. The van der Waals surface area contributed by atoms with Crippen LogP contribution in [0, 0.1) is 11.8 Å². The molecule has 1 saturated heterocycles. The number of aromatic nitrogens is 3. The zero-order valence-corrected chi connectivity index (χ0v) is 21.5. The van der Waals surface area contributed by atoms with E-state index in [9.17, 15) is 18.0 Å². The number of carbonyl (C=O) groups is 1. The molecule has 9 nitrogen and oxygen atoms in total. The summed E-state index contributed by atoms with van der Waals surface area (Å²) in [6.45, 7) is 2.99. The average molecular weight is 550 g/mol. The number of nitrogens with one attached hydrogen (secondary N) is 3. The summed E-state index contributed by atoms with van der Waals surface area (Å²) in [6.07, 6.45) is 0.333. The number of hydrogen-bond acceptors (Lipinski definition) is 6. The number of amides is 2. The molecule has 0 atom stereocenters. The maximum atomic E-state index is 13.8. The number of pyridine rings is 2. The Morgan fingerprint density at radius 2 is 1.90 bits per heavy atom. The molecule has 5 rings (SSSR count). The number of nitrogens with zero attached hydrogens (tertiary/aromatic N) is 4. The summed E-state index contributed by atoms with van der Waals surface area (Å²) < 4.78 is 48.5. The van der Waals surface area contributed by atoms with Crippen LogP contribution in [0.25, 0.3) is 5.65 Å². The predicted molar refractivity (Wildman–Crippen MR) is 144 cm³/mol. The molecule has 2 amide bonds. The Labute approximate surface area is 228 Å². The number of fused-ring (bicyclic) bond motifs is 1. The van der Waals surface area contributed by atoms with Gasteiger partial charge in [0.15, 0.2) is 0 Å². The van der Waals surface area contributed by atoms with E-state index in [1.165, 1.54) is 18.3 Å². The molecule has 206 valence electrons. The molecule has 0 saturated carbocycles. The van der Waals surface area contributed by atoms with E-state index in [4.69, 9.17) is 4.74 Å². The van der Waals surface area contributed by atoms with Crippen LogP contribution in [0.1, 0.15) is 22.4 Å². The molecule has 40 heavy (non-hydrogen) atoms. The van der Waals surface area contributed by atoms with Crippen molar-refractivity contribution in [1.29, 1.82) is 0 Å². The van der Waals surface area contributed by atoms with E-state index in [0.29, 0.717) is 35.7 Å². The highest BCUT2D eigenvalue weighted by Gasteiger charge is 2.34. The molecule has 4 aromatic rings. The van der Waals surface area contributed by atoms with E-state index in [1.807, 2.05) is 11.0 Å². The molecule has 1 fully saturated rings. The number of alkyl halides is 3. The van der Waals surface area contributed by atoms with E-state index >= 15 is 0 Å². The highest BCUT2D eigenvalue weighted by molar-refractivity contribution is 5.99. The van der Waals surface area contributed by atoms with E-state index in [-0.39, 0.29) is 23.6 Å². The van der Waals surface area contributed by atoms with Crippen LogP contribution in [0.3, 0.4) is 0 Å². The fraction of sp³-hybridized carbons (Fsp3) is 0.250. The number of methoxy groups -OCH3 is 1. The number of urea groups is 1. The number of anilines is 2. The fourth-order valence-electron chi connectivity index (χ4n) is 4.33. The van der Waals surface area contributed by atoms with E-state index in [2.05, 4.69) is 37.8 Å². The Kier molecular flexibility index (Phi) is 7.86. The summed E-state index contributed by atoms with van der Waals surface area (Å²) in [4.78, 5) is 23.0. The van der Waals surface area contributed by atoms with Crippen LogP contribution >= 0.6 is 0 Å². The first kappa shape index (κ1) is 27.0. The first-order chi connectivity index (χ1) is 19.3. The lowest BCUT2D eigenvalue weighted by atomic mass is 10.0. The minimum atomic E-state index is -4.56. The molecule has 4 heterocycles. The standard InChI is InChI=1S/C28H26F3N7O2/c1-40-23-6-7-26-34-16-22(38(26)18-23)5-2-19-8-9-33-25(14-19)36-27(39)35-21-4-3-20(24(15-21)28(29,30)31)17-37-12-10-32-11-13-37/h3-4,6-9,14-16,18,32H,10-13,17H2,1H3,(H2,33,35,36,39). The molecule has 3 aromatic heterocycles. The van der Waals surface area contributed by atoms with Crippen LogP contribution in [-0.4, -0.2) is 58.6 Å². The molecule has 3 N–H and O–H groups in total. The minimum Gasteiger partial charge on any atom is -0.495 e. The highest BCUT2D eigenvalue weighted by Crippen LogP contribution is 2.34. The summed E-state index contributed by atoms with van der Waals surface area (Å²) in [5, 5.41) is 8.20. The summed E-state index contributed by atoms with van der Waals surface area (Å²) in [7, 11) is 1.57. The maximum absolute atomic E-state index is 13.8. The SMILES string of the molecule is COc1ccc2ncc(C#Cc3ccnc(NC(=O)Nc4ccc(CN5CCNCC5)c(C(F)(F)F)c4)c3)n2c1. The fourth-order valence-corrected chi connectivity index (χ4v) is 4.33. The molecular weight excluding hydrogens is 523 g/mol. The van der Waals surface area contributed by atoms with Gasteiger partial charge in [-0.1, -0.05) is 12.0 Å². The number of piperazine rings is 1. The molecule has 0 spiro atoms. The smallest absolute Gasteiger partial charge is 0.416 e. The van der Waals surface area contributed by atoms with Gasteiger partial charge in [0.05, 0.1) is 25.1 Å². The number of ether oxygens (including phenoxy) is 1. The normalized spacial score (nSPS) is 13.9. The largest absolute Gasteiger partial charge is 0.495 e. The predicted octanol–water partition coefficient (Wildman–Crippen LogP) is 4.21. The summed E-state index contributed by atoms with van der Waals surface area (Å²) >= 11 is 0. The first-order valence-electron chi connectivity index (χ1n) is 12.5. The van der Waals surface area contributed by atoms with E-state index in [0.717, 1.165) is 19.2 Å². The van der Waals surface area contributed by atoms with Gasteiger partial charge < -0.3 is 15.4 Å². The molecular formula is C28H26F3N7O2. The van der Waals surface area contributed by atoms with Gasteiger partial charge in [0.1, 0.15) is 22.9 Å². The Balaban J connectivity index is 1.27. The monoisotopic (exact) mass is 549 g/mol. The molecule has 1 aliphatic heterocycles. The highest BCUT2D eigenvalue weighted by atomic mass is 19.4. The van der Waals surface area contributed by atoms with Gasteiger partial charge in [0.25, 0.3) is 0 Å². The first-order valence-corrected chi connectivity index (χ1v) is 12.5. The van der Waals surface area contributed by atoms with Crippen molar-refractivity contribution in [3.63, 3.8) is 0 Å². The molecule has 0 unspecified atom stereocenters. The van der Waals surface area contributed by atoms with Crippen molar-refractivity contribution >= 4 is 23.2 Å². The van der Waals surface area contributed by atoms with Crippen molar-refractivity contribution in [3.05, 3.63) is 83.4 Å². The number of imidazole rings is 1. The Bertz CT molecular complexity index is 1580. The molecule has 0 radical (unpaired) electrons. The third-order valence-electron chi connectivity index (χ3n) is 6.33.